The van der Waals surface area contributed by atoms with Gasteiger partial charge in [-0.1, -0.05) is 42.5 Å². The number of thiazole rings is 1. The maximum absolute atomic E-state index is 12.8. The number of aryl methyl sites for hydroxylation is 1. The Bertz CT molecular complexity index is 921. The molecule has 1 saturated heterocycles. The second-order valence-electron chi connectivity index (χ2n) is 7.38. The highest BCUT2D eigenvalue weighted by Gasteiger charge is 2.25. The maximum Gasteiger partial charge on any atom is 0.228 e. The quantitative estimate of drug-likeness (QED) is 0.668. The van der Waals surface area contributed by atoms with Crippen LogP contribution in [-0.2, 0) is 11.3 Å². The number of amides is 1. The third-order valence-corrected chi connectivity index (χ3v) is 5.97. The first-order chi connectivity index (χ1) is 13.7. The van der Waals surface area contributed by atoms with Crippen molar-refractivity contribution in [1.82, 2.24) is 9.88 Å². The standard InChI is InChI=1S/C23H25N3OS/c1-17-24-22(16-28-17)19-9-11-21(12-10-19)25-23(27)20-8-5-13-26(15-20)14-18-6-3-2-4-7-18/h2-4,6-7,9-12,16,20H,5,8,13-15H2,1H3,(H,25,27). The Kier molecular flexibility index (Phi) is 5.84. The van der Waals surface area contributed by atoms with Crippen molar-refractivity contribution in [1.29, 1.82) is 0 Å². The largest absolute Gasteiger partial charge is 0.326 e. The monoisotopic (exact) mass is 391 g/mol. The molecule has 1 aliphatic heterocycles. The molecule has 4 nitrogen and oxygen atoms in total. The summed E-state index contributed by atoms with van der Waals surface area (Å²) in [4.78, 5) is 19.7. The van der Waals surface area contributed by atoms with Gasteiger partial charge >= 0.3 is 0 Å². The number of anilines is 1. The number of nitrogens with one attached hydrogen (secondary N) is 1. The van der Waals surface area contributed by atoms with Gasteiger partial charge in [0.2, 0.25) is 5.91 Å². The van der Waals surface area contributed by atoms with E-state index in [-0.39, 0.29) is 11.8 Å². The number of carbonyl (C=O) groups is 1. The molecule has 0 bridgehead atoms. The summed E-state index contributed by atoms with van der Waals surface area (Å²) in [6.45, 7) is 4.79. The summed E-state index contributed by atoms with van der Waals surface area (Å²) in [7, 11) is 0. The van der Waals surface area contributed by atoms with E-state index in [1.165, 1.54) is 5.56 Å². The number of nitrogens with zero attached hydrogens (tertiary/aromatic N) is 2. The molecule has 1 aliphatic rings. The second-order valence-corrected chi connectivity index (χ2v) is 8.44. The summed E-state index contributed by atoms with van der Waals surface area (Å²) in [5.74, 6) is 0.161. The summed E-state index contributed by atoms with van der Waals surface area (Å²) in [6, 6.07) is 18.4. The molecule has 1 fully saturated rings. The van der Waals surface area contributed by atoms with Gasteiger partial charge in [-0.25, -0.2) is 4.98 Å². The van der Waals surface area contributed by atoms with Crippen LogP contribution in [0.1, 0.15) is 23.4 Å². The van der Waals surface area contributed by atoms with Crippen molar-refractivity contribution in [2.45, 2.75) is 26.3 Å². The van der Waals surface area contributed by atoms with Crippen LogP contribution >= 0.6 is 11.3 Å². The van der Waals surface area contributed by atoms with E-state index >= 15 is 0 Å². The van der Waals surface area contributed by atoms with Crippen LogP contribution in [-0.4, -0.2) is 28.9 Å². The van der Waals surface area contributed by atoms with E-state index < -0.39 is 0 Å². The van der Waals surface area contributed by atoms with Gasteiger partial charge in [-0.3, -0.25) is 9.69 Å². The number of likely N-dealkylation sites (tertiary alicyclic amines) is 1. The lowest BCUT2D eigenvalue weighted by Crippen LogP contribution is -2.40. The van der Waals surface area contributed by atoms with E-state index in [0.29, 0.717) is 0 Å². The van der Waals surface area contributed by atoms with E-state index in [2.05, 4.69) is 44.8 Å². The molecule has 28 heavy (non-hydrogen) atoms. The van der Waals surface area contributed by atoms with Crippen LogP contribution in [0.5, 0.6) is 0 Å². The van der Waals surface area contributed by atoms with Crippen LogP contribution in [0.3, 0.4) is 0 Å². The average Bonchev–Trinajstić information content (AvgIpc) is 3.16. The number of carbonyl (C=O) groups excluding carboxylic acids is 1. The molecule has 4 rings (SSSR count). The second kappa shape index (κ2) is 8.67. The number of aromatic nitrogens is 1. The van der Waals surface area contributed by atoms with Crippen molar-refractivity contribution in [3.8, 4) is 11.3 Å². The van der Waals surface area contributed by atoms with Crippen molar-refractivity contribution < 1.29 is 4.79 Å². The van der Waals surface area contributed by atoms with Gasteiger partial charge in [-0.2, -0.15) is 0 Å². The molecule has 0 aliphatic carbocycles. The lowest BCUT2D eigenvalue weighted by Gasteiger charge is -2.32. The van der Waals surface area contributed by atoms with E-state index in [1.54, 1.807) is 11.3 Å². The average molecular weight is 392 g/mol. The third kappa shape index (κ3) is 4.66. The van der Waals surface area contributed by atoms with Crippen molar-refractivity contribution in [3.05, 3.63) is 70.5 Å². The molecule has 0 spiro atoms. The number of hydrogen-bond donors (Lipinski definition) is 1. The molecule has 1 unspecified atom stereocenters. The van der Waals surface area contributed by atoms with Crippen LogP contribution in [0, 0.1) is 12.8 Å². The van der Waals surface area contributed by atoms with Gasteiger partial charge in [-0.05, 0) is 44.0 Å². The van der Waals surface area contributed by atoms with Gasteiger partial charge in [0.1, 0.15) is 0 Å². The third-order valence-electron chi connectivity index (χ3n) is 5.19. The van der Waals surface area contributed by atoms with Crippen molar-refractivity contribution in [2.24, 2.45) is 5.92 Å². The highest BCUT2D eigenvalue weighted by Crippen LogP contribution is 2.24. The lowest BCUT2D eigenvalue weighted by molar-refractivity contribution is -0.121. The fraction of sp³-hybridized carbons (Fsp3) is 0.304. The number of benzene rings is 2. The zero-order chi connectivity index (χ0) is 19.3. The topological polar surface area (TPSA) is 45.2 Å². The van der Waals surface area contributed by atoms with E-state index in [4.69, 9.17) is 0 Å². The van der Waals surface area contributed by atoms with E-state index in [0.717, 1.165) is 54.4 Å². The molecule has 3 aromatic rings. The first-order valence-electron chi connectivity index (χ1n) is 9.77. The lowest BCUT2D eigenvalue weighted by atomic mass is 9.96. The smallest absolute Gasteiger partial charge is 0.228 e. The van der Waals surface area contributed by atoms with Crippen LogP contribution in [0.4, 0.5) is 5.69 Å². The Hall–Kier alpha value is -2.50. The maximum atomic E-state index is 12.8. The van der Waals surface area contributed by atoms with Gasteiger partial charge < -0.3 is 5.32 Å². The van der Waals surface area contributed by atoms with Crippen LogP contribution in [0.25, 0.3) is 11.3 Å². The summed E-state index contributed by atoms with van der Waals surface area (Å²) in [6.07, 6.45) is 2.01. The fourth-order valence-corrected chi connectivity index (χ4v) is 4.34. The SMILES string of the molecule is Cc1nc(-c2ccc(NC(=O)C3CCCN(Cc4ccccc4)C3)cc2)cs1. The number of hydrogen-bond acceptors (Lipinski definition) is 4. The van der Waals surface area contributed by atoms with E-state index in [9.17, 15) is 4.79 Å². The Labute approximate surface area is 170 Å². The first-order valence-corrected chi connectivity index (χ1v) is 10.6. The molecular weight excluding hydrogens is 366 g/mol. The van der Waals surface area contributed by atoms with E-state index in [1.807, 2.05) is 37.3 Å². The minimum Gasteiger partial charge on any atom is -0.326 e. The Balaban J connectivity index is 1.35. The zero-order valence-electron chi connectivity index (χ0n) is 16.1. The molecule has 1 N–H and O–H groups in total. The van der Waals surface area contributed by atoms with Crippen LogP contribution < -0.4 is 5.32 Å². The molecule has 2 heterocycles. The van der Waals surface area contributed by atoms with Gasteiger partial charge in [0.15, 0.2) is 0 Å². The summed E-state index contributed by atoms with van der Waals surface area (Å²) >= 11 is 1.65. The molecule has 1 atom stereocenters. The minimum absolute atomic E-state index is 0.0401. The van der Waals surface area contributed by atoms with Crippen LogP contribution in [0.15, 0.2) is 60.0 Å². The predicted molar refractivity (Wildman–Crippen MR) is 115 cm³/mol. The molecular formula is C23H25N3OS. The molecule has 144 valence electrons. The highest BCUT2D eigenvalue weighted by molar-refractivity contribution is 7.09. The number of rotatable bonds is 5. The summed E-state index contributed by atoms with van der Waals surface area (Å²) < 4.78 is 0. The summed E-state index contributed by atoms with van der Waals surface area (Å²) in [5, 5.41) is 6.22. The molecule has 0 radical (unpaired) electrons. The zero-order valence-corrected chi connectivity index (χ0v) is 16.9. The molecule has 5 heteroatoms. The molecule has 1 amide bonds. The fourth-order valence-electron chi connectivity index (χ4n) is 3.72. The first kappa shape index (κ1) is 18.8. The highest BCUT2D eigenvalue weighted by atomic mass is 32.1. The molecule has 1 aromatic heterocycles. The predicted octanol–water partition coefficient (Wildman–Crippen LogP) is 4.97. The molecule has 2 aromatic carbocycles. The number of piperidine rings is 1. The summed E-state index contributed by atoms with van der Waals surface area (Å²) in [5.41, 5.74) is 4.22. The molecule has 0 saturated carbocycles. The Morgan fingerprint density at radius 2 is 1.96 bits per heavy atom. The normalized spacial score (nSPS) is 17.4. The van der Waals surface area contributed by atoms with Gasteiger partial charge in [0.05, 0.1) is 16.6 Å². The Morgan fingerprint density at radius 1 is 1.18 bits per heavy atom. The Morgan fingerprint density at radius 3 is 2.68 bits per heavy atom. The minimum atomic E-state index is 0.0401. The van der Waals surface area contributed by atoms with Gasteiger partial charge in [0, 0.05) is 29.7 Å². The van der Waals surface area contributed by atoms with Crippen molar-refractivity contribution in [2.75, 3.05) is 18.4 Å². The van der Waals surface area contributed by atoms with Gasteiger partial charge in [0.25, 0.3) is 0 Å². The van der Waals surface area contributed by atoms with Crippen molar-refractivity contribution in [3.63, 3.8) is 0 Å². The van der Waals surface area contributed by atoms with Crippen LogP contribution in [0.2, 0.25) is 0 Å². The van der Waals surface area contributed by atoms with Gasteiger partial charge in [-0.15, -0.1) is 11.3 Å². The van der Waals surface area contributed by atoms with Crippen molar-refractivity contribution >= 4 is 22.9 Å².